The van der Waals surface area contributed by atoms with Gasteiger partial charge in [0.05, 0.1) is 11.5 Å². The molecular formula is C19H19ClN6OS. The predicted molar refractivity (Wildman–Crippen MR) is 111 cm³/mol. The minimum Gasteiger partial charge on any atom is -0.302 e. The zero-order valence-electron chi connectivity index (χ0n) is 15.5. The molecule has 2 heterocycles. The average Bonchev–Trinajstić information content (AvgIpc) is 3.14. The fourth-order valence-electron chi connectivity index (χ4n) is 2.44. The lowest BCUT2D eigenvalue weighted by atomic mass is 10.2. The molecule has 3 rings (SSSR count). The zero-order chi connectivity index (χ0) is 19.9. The third-order valence-electron chi connectivity index (χ3n) is 3.90. The van der Waals surface area contributed by atoms with Crippen molar-refractivity contribution in [3.05, 3.63) is 59.4 Å². The number of hydrogen-bond donors (Lipinski definition) is 1. The highest BCUT2D eigenvalue weighted by Gasteiger charge is 2.14. The first-order valence-electron chi connectivity index (χ1n) is 8.64. The summed E-state index contributed by atoms with van der Waals surface area (Å²) >= 11 is 7.26. The Bertz CT molecular complexity index is 972. The van der Waals surface area contributed by atoms with Crippen LogP contribution in [0.15, 0.2) is 59.0 Å². The van der Waals surface area contributed by atoms with E-state index >= 15 is 0 Å². The number of amides is 1. The van der Waals surface area contributed by atoms with Crippen molar-refractivity contribution >= 4 is 35.0 Å². The number of hydrazone groups is 1. The Morgan fingerprint density at radius 1 is 1.25 bits per heavy atom. The van der Waals surface area contributed by atoms with Gasteiger partial charge in [-0.1, -0.05) is 29.4 Å². The molecule has 0 spiro atoms. The molecule has 0 aliphatic heterocycles. The minimum atomic E-state index is -0.216. The first-order chi connectivity index (χ1) is 13.6. The number of rotatable bonds is 7. The van der Waals surface area contributed by atoms with E-state index in [0.717, 1.165) is 17.0 Å². The molecule has 9 heteroatoms. The molecule has 0 atom stereocenters. The van der Waals surface area contributed by atoms with Crippen molar-refractivity contribution in [1.29, 1.82) is 0 Å². The van der Waals surface area contributed by atoms with E-state index in [0.29, 0.717) is 22.4 Å². The van der Waals surface area contributed by atoms with Crippen LogP contribution < -0.4 is 5.43 Å². The van der Waals surface area contributed by atoms with E-state index in [2.05, 4.69) is 25.7 Å². The summed E-state index contributed by atoms with van der Waals surface area (Å²) in [5.74, 6) is 0.710. The number of halogens is 1. The number of carbonyl (C=O) groups is 1. The first kappa shape index (κ1) is 20.0. The van der Waals surface area contributed by atoms with E-state index in [1.165, 1.54) is 11.8 Å². The van der Waals surface area contributed by atoms with E-state index in [1.54, 1.807) is 12.4 Å². The fraction of sp³-hybridized carbons (Fsp3) is 0.211. The smallest absolute Gasteiger partial charge is 0.250 e. The Labute approximate surface area is 172 Å². The molecule has 0 saturated carbocycles. The number of aromatic nitrogens is 4. The Morgan fingerprint density at radius 3 is 2.71 bits per heavy atom. The van der Waals surface area contributed by atoms with Gasteiger partial charge in [0.25, 0.3) is 5.91 Å². The lowest BCUT2D eigenvalue weighted by Gasteiger charge is -2.07. The molecule has 28 heavy (non-hydrogen) atoms. The van der Waals surface area contributed by atoms with Gasteiger partial charge in [0.2, 0.25) is 0 Å². The molecule has 0 fully saturated rings. The van der Waals surface area contributed by atoms with E-state index in [9.17, 15) is 4.79 Å². The standard InChI is InChI=1S/C19H19ClN6OS/c1-3-26-18(14-6-8-16(20)9-7-14)24-25-19(26)28-12-17(27)23-22-13(2)15-5-4-10-21-11-15/h4-11H,3,12H2,1-2H3,(H,23,27)/b22-13-. The van der Waals surface area contributed by atoms with Crippen LogP contribution in [0.4, 0.5) is 0 Å². The SMILES string of the molecule is CCn1c(SCC(=O)N/N=C(/C)c2cccnc2)nnc1-c1ccc(Cl)cc1. The van der Waals surface area contributed by atoms with Crippen molar-refractivity contribution in [3.8, 4) is 11.4 Å². The highest BCUT2D eigenvalue weighted by molar-refractivity contribution is 7.99. The molecule has 0 saturated heterocycles. The van der Waals surface area contributed by atoms with Crippen molar-refractivity contribution < 1.29 is 4.79 Å². The molecule has 0 radical (unpaired) electrons. The summed E-state index contributed by atoms with van der Waals surface area (Å²) in [5, 5.41) is 13.9. The lowest BCUT2D eigenvalue weighted by Crippen LogP contribution is -2.21. The van der Waals surface area contributed by atoms with E-state index in [-0.39, 0.29) is 11.7 Å². The molecule has 0 aliphatic rings. The Balaban J connectivity index is 1.63. The summed E-state index contributed by atoms with van der Waals surface area (Å²) in [6.07, 6.45) is 3.38. The van der Waals surface area contributed by atoms with Crippen molar-refractivity contribution in [2.75, 3.05) is 5.75 Å². The molecule has 2 aromatic heterocycles. The summed E-state index contributed by atoms with van der Waals surface area (Å²) in [4.78, 5) is 16.2. The summed E-state index contributed by atoms with van der Waals surface area (Å²) in [6, 6.07) is 11.1. The monoisotopic (exact) mass is 414 g/mol. The normalized spacial score (nSPS) is 11.5. The average molecular weight is 415 g/mol. The van der Waals surface area contributed by atoms with Gasteiger partial charge >= 0.3 is 0 Å². The first-order valence-corrected chi connectivity index (χ1v) is 10.00. The van der Waals surface area contributed by atoms with Gasteiger partial charge in [0, 0.05) is 35.1 Å². The third kappa shape index (κ3) is 4.96. The Hall–Kier alpha value is -2.71. The third-order valence-corrected chi connectivity index (χ3v) is 5.11. The van der Waals surface area contributed by atoms with E-state index < -0.39 is 0 Å². The Kier molecular flexibility index (Phi) is 6.78. The zero-order valence-corrected chi connectivity index (χ0v) is 17.0. The number of nitrogens with one attached hydrogen (secondary N) is 1. The van der Waals surface area contributed by atoms with Crippen LogP contribution in [0.3, 0.4) is 0 Å². The summed E-state index contributed by atoms with van der Waals surface area (Å²) in [7, 11) is 0. The van der Waals surface area contributed by atoms with Gasteiger partial charge < -0.3 is 4.57 Å². The number of pyridine rings is 1. The molecule has 3 aromatic rings. The van der Waals surface area contributed by atoms with Crippen LogP contribution in [0, 0.1) is 0 Å². The lowest BCUT2D eigenvalue weighted by molar-refractivity contribution is -0.118. The number of benzene rings is 1. The Morgan fingerprint density at radius 2 is 2.04 bits per heavy atom. The summed E-state index contributed by atoms with van der Waals surface area (Å²) in [5.41, 5.74) is 5.03. The second kappa shape index (κ2) is 9.48. The van der Waals surface area contributed by atoms with Crippen molar-refractivity contribution in [2.45, 2.75) is 25.5 Å². The molecule has 144 valence electrons. The van der Waals surface area contributed by atoms with Gasteiger partial charge in [-0.3, -0.25) is 9.78 Å². The van der Waals surface area contributed by atoms with Crippen LogP contribution in [0.1, 0.15) is 19.4 Å². The summed E-state index contributed by atoms with van der Waals surface area (Å²) in [6.45, 7) is 4.51. The highest BCUT2D eigenvalue weighted by Crippen LogP contribution is 2.24. The number of nitrogens with zero attached hydrogens (tertiary/aromatic N) is 5. The molecular weight excluding hydrogens is 396 g/mol. The van der Waals surface area contributed by atoms with Crippen LogP contribution in [0.2, 0.25) is 5.02 Å². The quantitative estimate of drug-likeness (QED) is 0.362. The van der Waals surface area contributed by atoms with Crippen molar-refractivity contribution in [1.82, 2.24) is 25.2 Å². The number of hydrogen-bond acceptors (Lipinski definition) is 6. The van der Waals surface area contributed by atoms with Gasteiger partial charge in [0.1, 0.15) is 0 Å². The van der Waals surface area contributed by atoms with Gasteiger partial charge in [-0.15, -0.1) is 10.2 Å². The molecule has 0 aliphatic carbocycles. The largest absolute Gasteiger partial charge is 0.302 e. The van der Waals surface area contributed by atoms with Gasteiger partial charge in [-0.2, -0.15) is 5.10 Å². The van der Waals surface area contributed by atoms with Crippen LogP contribution in [0.5, 0.6) is 0 Å². The molecule has 0 unspecified atom stereocenters. The maximum absolute atomic E-state index is 12.1. The highest BCUT2D eigenvalue weighted by atomic mass is 35.5. The van der Waals surface area contributed by atoms with Crippen molar-refractivity contribution in [2.24, 2.45) is 5.10 Å². The molecule has 7 nitrogen and oxygen atoms in total. The molecule has 0 bridgehead atoms. The second-order valence-corrected chi connectivity index (χ2v) is 7.20. The topological polar surface area (TPSA) is 85.1 Å². The van der Waals surface area contributed by atoms with Crippen LogP contribution in [-0.2, 0) is 11.3 Å². The maximum Gasteiger partial charge on any atom is 0.250 e. The van der Waals surface area contributed by atoms with Crippen LogP contribution in [0.25, 0.3) is 11.4 Å². The second-order valence-electron chi connectivity index (χ2n) is 5.82. The maximum atomic E-state index is 12.1. The molecule has 1 N–H and O–H groups in total. The molecule has 1 aromatic carbocycles. The molecule has 1 amide bonds. The van der Waals surface area contributed by atoms with Gasteiger partial charge in [-0.25, -0.2) is 5.43 Å². The van der Waals surface area contributed by atoms with E-state index in [4.69, 9.17) is 11.6 Å². The van der Waals surface area contributed by atoms with E-state index in [1.807, 2.05) is 54.8 Å². The van der Waals surface area contributed by atoms with Crippen molar-refractivity contribution in [3.63, 3.8) is 0 Å². The number of thioether (sulfide) groups is 1. The number of carbonyl (C=O) groups excluding carboxylic acids is 1. The minimum absolute atomic E-state index is 0.183. The predicted octanol–water partition coefficient (Wildman–Crippen LogP) is 3.65. The van der Waals surface area contributed by atoms with Crippen LogP contribution in [-0.4, -0.2) is 37.1 Å². The van der Waals surface area contributed by atoms with Crippen LogP contribution >= 0.6 is 23.4 Å². The fourth-order valence-corrected chi connectivity index (χ4v) is 3.36. The van der Waals surface area contributed by atoms with Gasteiger partial charge in [-0.05, 0) is 44.2 Å². The van der Waals surface area contributed by atoms with Gasteiger partial charge in [0.15, 0.2) is 11.0 Å². The summed E-state index contributed by atoms with van der Waals surface area (Å²) < 4.78 is 1.96.